The summed E-state index contributed by atoms with van der Waals surface area (Å²) in [6.45, 7) is 1.82. The highest BCUT2D eigenvalue weighted by molar-refractivity contribution is 7.89. The second-order valence-electron chi connectivity index (χ2n) is 8.62. The van der Waals surface area contributed by atoms with Gasteiger partial charge in [-0.15, -0.1) is 11.3 Å². The van der Waals surface area contributed by atoms with E-state index in [4.69, 9.17) is 14.2 Å². The maximum Gasteiger partial charge on any atom is 0.254 e. The van der Waals surface area contributed by atoms with E-state index in [1.807, 2.05) is 34.5 Å². The van der Waals surface area contributed by atoms with E-state index in [0.29, 0.717) is 56.3 Å². The van der Waals surface area contributed by atoms with Gasteiger partial charge in [-0.3, -0.25) is 4.79 Å². The summed E-state index contributed by atoms with van der Waals surface area (Å²) < 4.78 is 44.2. The molecule has 3 aromatic rings. The fourth-order valence-electron chi connectivity index (χ4n) is 4.81. The molecule has 1 fully saturated rings. The molecule has 8 nitrogen and oxygen atoms in total. The molecule has 0 saturated carbocycles. The van der Waals surface area contributed by atoms with Gasteiger partial charge in [-0.05, 0) is 59.3 Å². The van der Waals surface area contributed by atoms with Gasteiger partial charge in [0.25, 0.3) is 5.91 Å². The van der Waals surface area contributed by atoms with Crippen molar-refractivity contribution in [3.63, 3.8) is 0 Å². The summed E-state index contributed by atoms with van der Waals surface area (Å²) in [5.74, 6) is 1.04. The number of thiophene rings is 1. The number of nitrogens with zero attached hydrogens (tertiary/aromatic N) is 2. The Balaban J connectivity index is 1.52. The third kappa shape index (κ3) is 4.50. The first-order valence-corrected chi connectivity index (χ1v) is 14.0. The lowest BCUT2D eigenvalue weighted by Crippen LogP contribution is -2.41. The third-order valence-electron chi connectivity index (χ3n) is 6.64. The van der Waals surface area contributed by atoms with Gasteiger partial charge < -0.3 is 19.1 Å². The van der Waals surface area contributed by atoms with Gasteiger partial charge in [0.1, 0.15) is 0 Å². The monoisotopic (exact) mass is 528 g/mol. The van der Waals surface area contributed by atoms with Crippen molar-refractivity contribution in [3.8, 4) is 11.5 Å². The smallest absolute Gasteiger partial charge is 0.254 e. The van der Waals surface area contributed by atoms with Gasteiger partial charge in [-0.1, -0.05) is 12.1 Å². The molecule has 1 saturated heterocycles. The molecule has 2 aromatic carbocycles. The molecule has 1 unspecified atom stereocenters. The van der Waals surface area contributed by atoms with Crippen LogP contribution in [-0.2, 0) is 21.2 Å². The van der Waals surface area contributed by atoms with Crippen LogP contribution in [0.25, 0.3) is 0 Å². The highest BCUT2D eigenvalue weighted by atomic mass is 32.2. The standard InChI is InChI=1S/C26H28N2O6S2/c1-32-22-16-18-8-9-28(25(24-7-4-14-35-24)21(18)17-23(22)33-2)26(29)19-5-3-6-20(15-19)36(30,31)27-10-12-34-13-11-27/h3-7,14-17,25H,8-13H2,1-2H3. The van der Waals surface area contributed by atoms with Crippen molar-refractivity contribution in [1.29, 1.82) is 0 Å². The van der Waals surface area contributed by atoms with E-state index < -0.39 is 10.0 Å². The van der Waals surface area contributed by atoms with Gasteiger partial charge in [0, 0.05) is 30.1 Å². The first kappa shape index (κ1) is 24.8. The van der Waals surface area contributed by atoms with E-state index >= 15 is 0 Å². The second-order valence-corrected chi connectivity index (χ2v) is 11.5. The lowest BCUT2D eigenvalue weighted by molar-refractivity contribution is 0.0696. The van der Waals surface area contributed by atoms with E-state index in [2.05, 4.69) is 0 Å². The Bertz CT molecular complexity index is 1350. The minimum absolute atomic E-state index is 0.117. The van der Waals surface area contributed by atoms with Crippen LogP contribution >= 0.6 is 11.3 Å². The van der Waals surface area contributed by atoms with Crippen LogP contribution in [0.15, 0.2) is 58.8 Å². The molecule has 1 atom stereocenters. The van der Waals surface area contributed by atoms with Crippen molar-refractivity contribution in [1.82, 2.24) is 9.21 Å². The summed E-state index contributed by atoms with van der Waals surface area (Å²) >= 11 is 1.58. The molecule has 36 heavy (non-hydrogen) atoms. The summed E-state index contributed by atoms with van der Waals surface area (Å²) in [7, 11) is -0.514. The molecular formula is C26H28N2O6S2. The average Bonchev–Trinajstić information content (AvgIpc) is 3.46. The van der Waals surface area contributed by atoms with Gasteiger partial charge >= 0.3 is 0 Å². The number of rotatable bonds is 6. The fourth-order valence-corrected chi connectivity index (χ4v) is 7.12. The van der Waals surface area contributed by atoms with Crippen LogP contribution < -0.4 is 9.47 Å². The number of morpholine rings is 1. The summed E-state index contributed by atoms with van der Waals surface area (Å²) in [5, 5.41) is 1.99. The van der Waals surface area contributed by atoms with Crippen LogP contribution in [0.3, 0.4) is 0 Å². The van der Waals surface area contributed by atoms with Crippen molar-refractivity contribution in [2.75, 3.05) is 47.1 Å². The Kier molecular flexibility index (Phi) is 7.03. The SMILES string of the molecule is COc1cc2c(cc1OC)C(c1cccs1)N(C(=O)c1cccc(S(=O)(=O)N3CCOCC3)c1)CC2. The minimum atomic E-state index is -3.72. The molecule has 0 spiro atoms. The largest absolute Gasteiger partial charge is 0.493 e. The molecule has 1 aromatic heterocycles. The molecule has 5 rings (SSSR count). The Morgan fingerprint density at radius 2 is 1.75 bits per heavy atom. The lowest BCUT2D eigenvalue weighted by atomic mass is 9.90. The van der Waals surface area contributed by atoms with Gasteiger partial charge in [-0.2, -0.15) is 4.31 Å². The molecule has 0 radical (unpaired) electrons. The van der Waals surface area contributed by atoms with E-state index in [9.17, 15) is 13.2 Å². The van der Waals surface area contributed by atoms with E-state index in [0.717, 1.165) is 16.0 Å². The van der Waals surface area contributed by atoms with Crippen molar-refractivity contribution in [3.05, 3.63) is 75.5 Å². The number of methoxy groups -OCH3 is 2. The van der Waals surface area contributed by atoms with Gasteiger partial charge in [0.2, 0.25) is 10.0 Å². The van der Waals surface area contributed by atoms with Crippen molar-refractivity contribution >= 4 is 27.3 Å². The molecule has 0 aliphatic carbocycles. The molecule has 2 aliphatic heterocycles. The maximum atomic E-state index is 13.9. The predicted octanol–water partition coefficient (Wildman–Crippen LogP) is 3.57. The van der Waals surface area contributed by atoms with Gasteiger partial charge in [-0.25, -0.2) is 8.42 Å². The van der Waals surface area contributed by atoms with Crippen LogP contribution in [0.2, 0.25) is 0 Å². The van der Waals surface area contributed by atoms with E-state index in [1.54, 1.807) is 43.8 Å². The summed E-state index contributed by atoms with van der Waals surface area (Å²) in [6, 6.07) is 13.9. The van der Waals surface area contributed by atoms with Gasteiger partial charge in [0.05, 0.1) is 38.4 Å². The summed E-state index contributed by atoms with van der Waals surface area (Å²) in [6.07, 6.45) is 0.648. The molecule has 1 amide bonds. The van der Waals surface area contributed by atoms with Crippen molar-refractivity contribution in [2.24, 2.45) is 0 Å². The van der Waals surface area contributed by atoms with Crippen LogP contribution in [-0.4, -0.2) is 70.6 Å². The second kappa shape index (κ2) is 10.2. The van der Waals surface area contributed by atoms with Gasteiger partial charge in [0.15, 0.2) is 11.5 Å². The number of carbonyl (C=O) groups is 1. The zero-order chi connectivity index (χ0) is 25.3. The number of hydrogen-bond donors (Lipinski definition) is 0. The zero-order valence-electron chi connectivity index (χ0n) is 20.2. The number of fused-ring (bicyclic) bond motifs is 1. The molecule has 0 bridgehead atoms. The van der Waals surface area contributed by atoms with Crippen LogP contribution in [0, 0.1) is 0 Å². The summed E-state index contributed by atoms with van der Waals surface area (Å²) in [5.41, 5.74) is 2.42. The predicted molar refractivity (Wildman–Crippen MR) is 136 cm³/mol. The van der Waals surface area contributed by atoms with Crippen LogP contribution in [0.4, 0.5) is 0 Å². The van der Waals surface area contributed by atoms with Crippen molar-refractivity contribution < 1.29 is 27.4 Å². The highest BCUT2D eigenvalue weighted by Crippen LogP contribution is 2.42. The molecular weight excluding hydrogens is 500 g/mol. The number of carbonyl (C=O) groups excluding carboxylic acids is 1. The minimum Gasteiger partial charge on any atom is -0.493 e. The zero-order valence-corrected chi connectivity index (χ0v) is 21.8. The highest BCUT2D eigenvalue weighted by Gasteiger charge is 2.35. The Hall–Kier alpha value is -2.92. The lowest BCUT2D eigenvalue weighted by Gasteiger charge is -2.37. The number of hydrogen-bond acceptors (Lipinski definition) is 7. The van der Waals surface area contributed by atoms with E-state index in [-0.39, 0.29) is 16.8 Å². The van der Waals surface area contributed by atoms with Crippen LogP contribution in [0.1, 0.15) is 32.4 Å². The number of sulfonamides is 1. The molecule has 3 heterocycles. The van der Waals surface area contributed by atoms with Crippen LogP contribution in [0.5, 0.6) is 11.5 Å². The van der Waals surface area contributed by atoms with E-state index in [1.165, 1.54) is 10.4 Å². The van der Waals surface area contributed by atoms with Crippen molar-refractivity contribution in [2.45, 2.75) is 17.4 Å². The molecule has 190 valence electrons. The molecule has 10 heteroatoms. The topological polar surface area (TPSA) is 85.4 Å². The molecule has 2 aliphatic rings. The molecule has 0 N–H and O–H groups in total. The number of ether oxygens (including phenoxy) is 3. The fraction of sp³-hybridized carbons (Fsp3) is 0.346. The summed E-state index contributed by atoms with van der Waals surface area (Å²) in [4.78, 5) is 16.9. The Morgan fingerprint density at radius 1 is 1.00 bits per heavy atom. The average molecular weight is 529 g/mol. The first-order valence-electron chi connectivity index (χ1n) is 11.7. The normalized spacial score (nSPS) is 18.5. The quantitative estimate of drug-likeness (QED) is 0.486. The number of benzene rings is 2. The third-order valence-corrected chi connectivity index (χ3v) is 9.46. The Labute approximate surface area is 215 Å². The maximum absolute atomic E-state index is 13.9. The number of amides is 1. The first-order chi connectivity index (χ1) is 17.4. The Morgan fingerprint density at radius 3 is 2.44 bits per heavy atom.